The van der Waals surface area contributed by atoms with Crippen LogP contribution < -0.4 is 4.74 Å². The number of sulfone groups is 1. The van der Waals surface area contributed by atoms with Crippen LogP contribution in [-0.2, 0) is 27.9 Å². The molecule has 0 saturated carbocycles. The minimum absolute atomic E-state index is 0.00937. The molecule has 0 radical (unpaired) electrons. The Kier molecular flexibility index (Phi) is 5.80. The number of hydrogen-bond acceptors (Lipinski definition) is 4. The molecule has 4 nitrogen and oxygen atoms in total. The van der Waals surface area contributed by atoms with Crippen LogP contribution in [-0.4, -0.2) is 19.6 Å². The lowest BCUT2D eigenvalue weighted by molar-refractivity contribution is 0.240. The van der Waals surface area contributed by atoms with Crippen LogP contribution in [0.15, 0.2) is 48.5 Å². The van der Waals surface area contributed by atoms with Crippen molar-refractivity contribution in [3.05, 3.63) is 65.2 Å². The number of hydrogen-bond donors (Lipinski definition) is 1. The van der Waals surface area contributed by atoms with E-state index in [0.717, 1.165) is 5.56 Å². The second-order valence-electron chi connectivity index (χ2n) is 5.78. The molecule has 2 aromatic carbocycles. The van der Waals surface area contributed by atoms with Crippen LogP contribution in [0.1, 0.15) is 30.5 Å². The van der Waals surface area contributed by atoms with Gasteiger partial charge in [-0.15, -0.1) is 0 Å². The minimum Gasteiger partial charge on any atom is -0.491 e. The fourth-order valence-corrected chi connectivity index (χ4v) is 3.79. The average molecular weight is 334 g/mol. The molecular weight excluding hydrogens is 312 g/mol. The van der Waals surface area contributed by atoms with Crippen molar-refractivity contribution in [2.75, 3.05) is 0 Å². The summed E-state index contributed by atoms with van der Waals surface area (Å²) in [4.78, 5) is 0. The summed E-state index contributed by atoms with van der Waals surface area (Å²) >= 11 is 0. The summed E-state index contributed by atoms with van der Waals surface area (Å²) in [6, 6.07) is 14.2. The van der Waals surface area contributed by atoms with E-state index < -0.39 is 9.84 Å². The first kappa shape index (κ1) is 17.5. The summed E-state index contributed by atoms with van der Waals surface area (Å²) < 4.78 is 30.6. The molecule has 0 heterocycles. The van der Waals surface area contributed by atoms with E-state index in [4.69, 9.17) is 9.84 Å². The highest BCUT2D eigenvalue weighted by molar-refractivity contribution is 7.89. The molecule has 0 fully saturated rings. The smallest absolute Gasteiger partial charge is 0.158 e. The largest absolute Gasteiger partial charge is 0.491 e. The molecule has 0 amide bonds. The molecule has 0 aromatic heterocycles. The van der Waals surface area contributed by atoms with Crippen molar-refractivity contribution in [1.82, 2.24) is 0 Å². The lowest BCUT2D eigenvalue weighted by Gasteiger charge is -2.14. The van der Waals surface area contributed by atoms with Gasteiger partial charge in [0.05, 0.1) is 24.2 Å². The number of ether oxygens (including phenoxy) is 1. The molecule has 0 spiro atoms. The molecule has 0 aliphatic carbocycles. The van der Waals surface area contributed by atoms with Crippen LogP contribution >= 0.6 is 0 Å². The maximum absolute atomic E-state index is 12.5. The van der Waals surface area contributed by atoms with Gasteiger partial charge in [0, 0.05) is 5.56 Å². The van der Waals surface area contributed by atoms with Crippen molar-refractivity contribution in [2.45, 2.75) is 38.1 Å². The summed E-state index contributed by atoms with van der Waals surface area (Å²) in [5.74, 6) is 0.522. The summed E-state index contributed by atoms with van der Waals surface area (Å²) in [7, 11) is -3.31. The van der Waals surface area contributed by atoms with Gasteiger partial charge in [-0.3, -0.25) is 0 Å². The highest BCUT2D eigenvalue weighted by Gasteiger charge is 2.16. The Hall–Kier alpha value is -1.85. The van der Waals surface area contributed by atoms with Crippen molar-refractivity contribution >= 4 is 9.84 Å². The van der Waals surface area contributed by atoms with Crippen molar-refractivity contribution in [3.8, 4) is 5.75 Å². The normalized spacial score (nSPS) is 11.7. The predicted octanol–water partition coefficient (Wildman–Crippen LogP) is 3.08. The molecule has 0 unspecified atom stereocenters. The van der Waals surface area contributed by atoms with E-state index in [9.17, 15) is 8.42 Å². The first-order valence-electron chi connectivity index (χ1n) is 7.53. The Morgan fingerprint density at radius 1 is 0.957 bits per heavy atom. The van der Waals surface area contributed by atoms with E-state index in [0.29, 0.717) is 16.9 Å². The highest BCUT2D eigenvalue weighted by atomic mass is 32.2. The van der Waals surface area contributed by atoms with Crippen molar-refractivity contribution in [1.29, 1.82) is 0 Å². The van der Waals surface area contributed by atoms with Crippen LogP contribution in [0.4, 0.5) is 0 Å². The van der Waals surface area contributed by atoms with Crippen LogP contribution in [0.5, 0.6) is 5.75 Å². The molecule has 2 aromatic rings. The zero-order valence-electron chi connectivity index (χ0n) is 13.4. The van der Waals surface area contributed by atoms with Gasteiger partial charge in [-0.25, -0.2) is 8.42 Å². The summed E-state index contributed by atoms with van der Waals surface area (Å²) in [6.07, 6.45) is -0.00937. The van der Waals surface area contributed by atoms with E-state index in [1.807, 2.05) is 26.0 Å². The van der Waals surface area contributed by atoms with Gasteiger partial charge in [0.25, 0.3) is 0 Å². The maximum atomic E-state index is 12.5. The molecule has 0 aliphatic heterocycles. The van der Waals surface area contributed by atoms with E-state index in [1.165, 1.54) is 0 Å². The van der Waals surface area contributed by atoms with E-state index in [1.54, 1.807) is 36.4 Å². The number of rotatable bonds is 7. The molecule has 23 heavy (non-hydrogen) atoms. The molecule has 0 bridgehead atoms. The molecule has 1 N–H and O–H groups in total. The summed E-state index contributed by atoms with van der Waals surface area (Å²) in [5.41, 5.74) is 2.15. The quantitative estimate of drug-likeness (QED) is 0.845. The second-order valence-corrected chi connectivity index (χ2v) is 7.85. The Morgan fingerprint density at radius 3 is 2.17 bits per heavy atom. The van der Waals surface area contributed by atoms with Gasteiger partial charge in [0.2, 0.25) is 0 Å². The molecular formula is C18H22O4S. The summed E-state index contributed by atoms with van der Waals surface area (Å²) in [5, 5.41) is 9.03. The van der Waals surface area contributed by atoms with E-state index >= 15 is 0 Å². The van der Waals surface area contributed by atoms with Crippen molar-refractivity contribution < 1.29 is 18.3 Å². The van der Waals surface area contributed by atoms with Crippen LogP contribution in [0.2, 0.25) is 0 Å². The third kappa shape index (κ3) is 5.37. The molecule has 0 saturated heterocycles. The number of aliphatic hydroxyl groups excluding tert-OH is 1. The Balaban J connectivity index is 2.14. The van der Waals surface area contributed by atoms with E-state index in [2.05, 4.69) is 0 Å². The van der Waals surface area contributed by atoms with Gasteiger partial charge in [-0.05, 0) is 31.0 Å². The van der Waals surface area contributed by atoms with Gasteiger partial charge >= 0.3 is 0 Å². The number of benzene rings is 2. The lowest BCUT2D eigenvalue weighted by Crippen LogP contribution is -2.11. The molecule has 0 aliphatic rings. The second kappa shape index (κ2) is 7.62. The monoisotopic (exact) mass is 334 g/mol. The Bertz CT molecular complexity index is 734. The third-order valence-electron chi connectivity index (χ3n) is 3.30. The van der Waals surface area contributed by atoms with Gasteiger partial charge in [-0.2, -0.15) is 0 Å². The van der Waals surface area contributed by atoms with Gasteiger partial charge in [0.1, 0.15) is 5.75 Å². The lowest BCUT2D eigenvalue weighted by atomic mass is 10.2. The van der Waals surface area contributed by atoms with Crippen LogP contribution in [0.25, 0.3) is 0 Å². The SMILES string of the molecule is CC(C)Oc1ccccc1CS(=O)(=O)Cc1ccc(CO)cc1. The number of aliphatic hydroxyl groups is 1. The van der Waals surface area contributed by atoms with Crippen molar-refractivity contribution in [3.63, 3.8) is 0 Å². The Labute approximate surface area is 137 Å². The van der Waals surface area contributed by atoms with E-state index in [-0.39, 0.29) is 24.2 Å². The first-order chi connectivity index (χ1) is 10.9. The van der Waals surface area contributed by atoms with Crippen LogP contribution in [0.3, 0.4) is 0 Å². The molecule has 2 rings (SSSR count). The zero-order chi connectivity index (χ0) is 16.9. The summed E-state index contributed by atoms with van der Waals surface area (Å²) in [6.45, 7) is 3.77. The topological polar surface area (TPSA) is 63.6 Å². The molecule has 0 atom stereocenters. The van der Waals surface area contributed by atoms with Gasteiger partial charge in [-0.1, -0.05) is 42.5 Å². The maximum Gasteiger partial charge on any atom is 0.158 e. The molecule has 5 heteroatoms. The first-order valence-corrected chi connectivity index (χ1v) is 9.35. The average Bonchev–Trinajstić information content (AvgIpc) is 2.49. The number of para-hydroxylation sites is 1. The van der Waals surface area contributed by atoms with Gasteiger partial charge < -0.3 is 9.84 Å². The fourth-order valence-electron chi connectivity index (χ4n) is 2.27. The Morgan fingerprint density at radius 2 is 1.57 bits per heavy atom. The zero-order valence-corrected chi connectivity index (χ0v) is 14.2. The van der Waals surface area contributed by atoms with Crippen LogP contribution in [0, 0.1) is 0 Å². The third-order valence-corrected chi connectivity index (χ3v) is 4.83. The van der Waals surface area contributed by atoms with Gasteiger partial charge in [0.15, 0.2) is 9.84 Å². The molecule has 124 valence electrons. The minimum atomic E-state index is -3.31. The fraction of sp³-hybridized carbons (Fsp3) is 0.333. The highest BCUT2D eigenvalue weighted by Crippen LogP contribution is 2.23. The van der Waals surface area contributed by atoms with Crippen molar-refractivity contribution in [2.24, 2.45) is 0 Å². The standard InChI is InChI=1S/C18H22O4S/c1-14(2)22-18-6-4-3-5-17(18)13-23(20,21)12-16-9-7-15(11-19)8-10-16/h3-10,14,19H,11-13H2,1-2H3. The predicted molar refractivity (Wildman–Crippen MR) is 90.9 cm³/mol.